The molecule has 1 N–H and O–H groups in total. The molecule has 0 fully saturated rings. The summed E-state index contributed by atoms with van der Waals surface area (Å²) in [5.41, 5.74) is 2.93. The van der Waals surface area contributed by atoms with Gasteiger partial charge in [-0.3, -0.25) is 10.1 Å². The molecule has 0 amide bonds. The van der Waals surface area contributed by atoms with E-state index >= 15 is 0 Å². The number of nitro groups is 1. The topological polar surface area (TPSA) is 55.2 Å². The summed E-state index contributed by atoms with van der Waals surface area (Å²) in [6, 6.07) is 12.9. The van der Waals surface area contributed by atoms with Gasteiger partial charge in [0.05, 0.1) is 15.5 Å². The fourth-order valence-corrected chi connectivity index (χ4v) is 2.57. The molecule has 0 aromatic heterocycles. The van der Waals surface area contributed by atoms with Crippen molar-refractivity contribution in [3.8, 4) is 0 Å². The standard InChI is InChI=1S/C16H17ClN2O2/c1-11-6-3-4-7-13(11)12(2)18-10-14-15(17)8-5-9-16(14)19(20)21/h3-9,12,18H,10H2,1-2H3/t12-/m1/s1. The normalized spacial score (nSPS) is 12.1. The van der Waals surface area contributed by atoms with E-state index in [0.717, 1.165) is 0 Å². The van der Waals surface area contributed by atoms with Gasteiger partial charge in [0.15, 0.2) is 0 Å². The molecule has 0 radical (unpaired) electrons. The molecule has 4 nitrogen and oxygen atoms in total. The monoisotopic (exact) mass is 304 g/mol. The molecule has 110 valence electrons. The fraction of sp³-hybridized carbons (Fsp3) is 0.250. The van der Waals surface area contributed by atoms with Crippen molar-refractivity contribution in [2.45, 2.75) is 26.4 Å². The van der Waals surface area contributed by atoms with Crippen LogP contribution in [0.15, 0.2) is 42.5 Å². The lowest BCUT2D eigenvalue weighted by Crippen LogP contribution is -2.19. The van der Waals surface area contributed by atoms with Crippen molar-refractivity contribution in [3.05, 3.63) is 74.3 Å². The van der Waals surface area contributed by atoms with E-state index in [1.165, 1.54) is 17.2 Å². The van der Waals surface area contributed by atoms with Gasteiger partial charge in [0.25, 0.3) is 5.69 Å². The van der Waals surface area contributed by atoms with Gasteiger partial charge in [0, 0.05) is 18.7 Å². The van der Waals surface area contributed by atoms with Crippen molar-refractivity contribution >= 4 is 17.3 Å². The van der Waals surface area contributed by atoms with Gasteiger partial charge >= 0.3 is 0 Å². The number of rotatable bonds is 5. The Morgan fingerprint density at radius 2 is 1.95 bits per heavy atom. The number of nitrogens with zero attached hydrogens (tertiary/aromatic N) is 1. The third-order valence-electron chi connectivity index (χ3n) is 3.53. The maximum absolute atomic E-state index is 11.1. The van der Waals surface area contributed by atoms with Crippen molar-refractivity contribution in [1.82, 2.24) is 5.32 Å². The molecule has 0 aliphatic rings. The second-order valence-electron chi connectivity index (χ2n) is 4.95. The molecule has 2 aromatic rings. The summed E-state index contributed by atoms with van der Waals surface area (Å²) in [4.78, 5) is 10.7. The Hall–Kier alpha value is -1.91. The van der Waals surface area contributed by atoms with E-state index in [-0.39, 0.29) is 11.7 Å². The molecule has 0 saturated heterocycles. The smallest absolute Gasteiger partial charge is 0.275 e. The first-order chi connectivity index (χ1) is 10.0. The third kappa shape index (κ3) is 3.60. The van der Waals surface area contributed by atoms with Gasteiger partial charge in [-0.15, -0.1) is 0 Å². The van der Waals surface area contributed by atoms with E-state index in [0.29, 0.717) is 17.1 Å². The summed E-state index contributed by atoms with van der Waals surface area (Å²) < 4.78 is 0. The van der Waals surface area contributed by atoms with E-state index in [4.69, 9.17) is 11.6 Å². The minimum Gasteiger partial charge on any atom is -0.306 e. The number of nitrogens with one attached hydrogen (secondary N) is 1. The van der Waals surface area contributed by atoms with Crippen molar-refractivity contribution in [2.24, 2.45) is 0 Å². The van der Waals surface area contributed by atoms with Gasteiger partial charge in [0.1, 0.15) is 0 Å². The number of hydrogen-bond acceptors (Lipinski definition) is 3. The predicted octanol–water partition coefficient (Wildman–Crippen LogP) is 4.41. The first kappa shape index (κ1) is 15.5. The lowest BCUT2D eigenvalue weighted by atomic mass is 10.0. The first-order valence-corrected chi connectivity index (χ1v) is 7.09. The minimum atomic E-state index is -0.401. The molecule has 21 heavy (non-hydrogen) atoms. The van der Waals surface area contributed by atoms with Crippen LogP contribution in [0.4, 0.5) is 5.69 Å². The van der Waals surface area contributed by atoms with Crippen LogP contribution in [0.5, 0.6) is 0 Å². The molecule has 0 aliphatic carbocycles. The second kappa shape index (κ2) is 6.70. The molecular weight excluding hydrogens is 288 g/mol. The number of halogens is 1. The van der Waals surface area contributed by atoms with Crippen LogP contribution in [0.25, 0.3) is 0 Å². The number of benzene rings is 2. The summed E-state index contributed by atoms with van der Waals surface area (Å²) in [6.07, 6.45) is 0. The molecule has 1 atom stereocenters. The zero-order valence-electron chi connectivity index (χ0n) is 12.0. The summed E-state index contributed by atoms with van der Waals surface area (Å²) >= 11 is 6.09. The van der Waals surface area contributed by atoms with E-state index in [1.54, 1.807) is 12.1 Å². The van der Waals surface area contributed by atoms with E-state index in [9.17, 15) is 10.1 Å². The van der Waals surface area contributed by atoms with Gasteiger partial charge in [-0.1, -0.05) is 41.9 Å². The Balaban J connectivity index is 2.17. The highest BCUT2D eigenvalue weighted by molar-refractivity contribution is 6.31. The zero-order valence-corrected chi connectivity index (χ0v) is 12.7. The molecule has 2 rings (SSSR count). The third-order valence-corrected chi connectivity index (χ3v) is 3.88. The van der Waals surface area contributed by atoms with Crippen LogP contribution in [0.2, 0.25) is 5.02 Å². The van der Waals surface area contributed by atoms with Crippen LogP contribution < -0.4 is 5.32 Å². The minimum absolute atomic E-state index is 0.0481. The van der Waals surface area contributed by atoms with Crippen LogP contribution in [0.1, 0.15) is 29.7 Å². The van der Waals surface area contributed by atoms with Gasteiger partial charge < -0.3 is 5.32 Å². The Morgan fingerprint density at radius 1 is 1.24 bits per heavy atom. The molecule has 5 heteroatoms. The Labute approximate surface area is 128 Å². The van der Waals surface area contributed by atoms with Crippen LogP contribution in [0.3, 0.4) is 0 Å². The SMILES string of the molecule is Cc1ccccc1[C@@H](C)NCc1c(Cl)cccc1[N+](=O)[O-]. The molecule has 0 bridgehead atoms. The van der Waals surface area contributed by atoms with E-state index in [1.807, 2.05) is 38.1 Å². The van der Waals surface area contributed by atoms with Crippen LogP contribution in [-0.2, 0) is 6.54 Å². The number of nitro benzene ring substituents is 1. The Kier molecular flexibility index (Phi) is 4.94. The highest BCUT2D eigenvalue weighted by Gasteiger charge is 2.17. The van der Waals surface area contributed by atoms with Crippen molar-refractivity contribution < 1.29 is 4.92 Å². The first-order valence-electron chi connectivity index (χ1n) is 6.71. The van der Waals surface area contributed by atoms with Crippen molar-refractivity contribution in [1.29, 1.82) is 0 Å². The lowest BCUT2D eigenvalue weighted by molar-refractivity contribution is -0.385. The molecule has 0 saturated carbocycles. The number of aryl methyl sites for hydroxylation is 1. The fourth-order valence-electron chi connectivity index (χ4n) is 2.33. The van der Waals surface area contributed by atoms with Gasteiger partial charge in [-0.05, 0) is 31.0 Å². The van der Waals surface area contributed by atoms with Crippen molar-refractivity contribution in [2.75, 3.05) is 0 Å². The van der Waals surface area contributed by atoms with Crippen molar-refractivity contribution in [3.63, 3.8) is 0 Å². The summed E-state index contributed by atoms with van der Waals surface area (Å²) in [7, 11) is 0. The lowest BCUT2D eigenvalue weighted by Gasteiger charge is -2.17. The maximum Gasteiger partial charge on any atom is 0.275 e. The summed E-state index contributed by atoms with van der Waals surface area (Å²) in [5, 5.41) is 14.8. The zero-order chi connectivity index (χ0) is 15.4. The van der Waals surface area contributed by atoms with Crippen LogP contribution in [-0.4, -0.2) is 4.92 Å². The molecule has 0 unspecified atom stereocenters. The second-order valence-corrected chi connectivity index (χ2v) is 5.36. The predicted molar refractivity (Wildman–Crippen MR) is 84.5 cm³/mol. The molecule has 0 aliphatic heterocycles. The van der Waals surface area contributed by atoms with Gasteiger partial charge in [-0.2, -0.15) is 0 Å². The number of hydrogen-bond donors (Lipinski definition) is 1. The largest absolute Gasteiger partial charge is 0.306 e. The highest BCUT2D eigenvalue weighted by atomic mass is 35.5. The van der Waals surface area contributed by atoms with Crippen LogP contribution in [0, 0.1) is 17.0 Å². The molecule has 0 spiro atoms. The Morgan fingerprint density at radius 3 is 2.62 bits per heavy atom. The molecule has 2 aromatic carbocycles. The van der Waals surface area contributed by atoms with Gasteiger partial charge in [-0.25, -0.2) is 0 Å². The van der Waals surface area contributed by atoms with E-state index < -0.39 is 4.92 Å². The average molecular weight is 305 g/mol. The maximum atomic E-state index is 11.1. The highest BCUT2D eigenvalue weighted by Crippen LogP contribution is 2.27. The quantitative estimate of drug-likeness (QED) is 0.657. The summed E-state index contributed by atoms with van der Waals surface area (Å²) in [6.45, 7) is 4.43. The summed E-state index contributed by atoms with van der Waals surface area (Å²) in [5.74, 6) is 0. The van der Waals surface area contributed by atoms with Gasteiger partial charge in [0.2, 0.25) is 0 Å². The Bertz CT molecular complexity index is 658. The van der Waals surface area contributed by atoms with Crippen LogP contribution >= 0.6 is 11.6 Å². The molecular formula is C16H17ClN2O2. The van der Waals surface area contributed by atoms with E-state index in [2.05, 4.69) is 5.32 Å². The average Bonchev–Trinajstić information content (AvgIpc) is 2.45. The molecule has 0 heterocycles.